The van der Waals surface area contributed by atoms with Crippen molar-refractivity contribution in [2.75, 3.05) is 11.6 Å². The standard InChI is InChI=1S/C15H16N2OS2/c1-20-18-14-10-6-5-9-13(14)17-15(19)16-11-12-7-3-2-4-8-12/h2-10H,11H2,1H3,(H2,16,17,19). The molecule has 0 amide bonds. The zero-order valence-electron chi connectivity index (χ0n) is 11.1. The van der Waals surface area contributed by atoms with E-state index in [0.717, 1.165) is 11.4 Å². The Balaban J connectivity index is 1.91. The predicted octanol–water partition coefficient (Wildman–Crippen LogP) is 3.83. The topological polar surface area (TPSA) is 33.3 Å². The van der Waals surface area contributed by atoms with Crippen molar-refractivity contribution in [3.63, 3.8) is 0 Å². The molecule has 3 nitrogen and oxygen atoms in total. The van der Waals surface area contributed by atoms with E-state index >= 15 is 0 Å². The van der Waals surface area contributed by atoms with Crippen LogP contribution in [0.5, 0.6) is 5.75 Å². The molecule has 0 spiro atoms. The van der Waals surface area contributed by atoms with E-state index in [9.17, 15) is 0 Å². The molecule has 5 heteroatoms. The van der Waals surface area contributed by atoms with Gasteiger partial charge in [0, 0.05) is 12.8 Å². The number of hydrogen-bond acceptors (Lipinski definition) is 3. The van der Waals surface area contributed by atoms with E-state index in [4.69, 9.17) is 16.4 Å². The molecule has 0 saturated heterocycles. The van der Waals surface area contributed by atoms with Crippen LogP contribution in [0.25, 0.3) is 0 Å². The number of para-hydroxylation sites is 2. The maximum Gasteiger partial charge on any atom is 0.171 e. The van der Waals surface area contributed by atoms with Gasteiger partial charge in [0.1, 0.15) is 0 Å². The molecule has 0 bridgehead atoms. The van der Waals surface area contributed by atoms with E-state index in [0.29, 0.717) is 11.7 Å². The van der Waals surface area contributed by atoms with Crippen LogP contribution in [-0.2, 0) is 6.54 Å². The molecule has 2 aromatic carbocycles. The minimum atomic E-state index is 0.575. The maximum absolute atomic E-state index is 5.47. The van der Waals surface area contributed by atoms with Gasteiger partial charge in [-0.05, 0) is 29.9 Å². The van der Waals surface area contributed by atoms with Crippen molar-refractivity contribution < 1.29 is 4.18 Å². The summed E-state index contributed by atoms with van der Waals surface area (Å²) in [6.07, 6.45) is 1.88. The van der Waals surface area contributed by atoms with Gasteiger partial charge in [-0.25, -0.2) is 0 Å². The van der Waals surface area contributed by atoms with Crippen molar-refractivity contribution in [2.45, 2.75) is 6.54 Å². The normalized spacial score (nSPS) is 9.85. The van der Waals surface area contributed by atoms with E-state index < -0.39 is 0 Å². The van der Waals surface area contributed by atoms with Gasteiger partial charge in [0.15, 0.2) is 10.9 Å². The summed E-state index contributed by atoms with van der Waals surface area (Å²) < 4.78 is 5.47. The fraction of sp³-hybridized carbons (Fsp3) is 0.133. The molecule has 104 valence electrons. The second-order valence-corrected chi connectivity index (χ2v) is 4.95. The Labute approximate surface area is 128 Å². The first-order chi connectivity index (χ1) is 9.79. The summed E-state index contributed by atoms with van der Waals surface area (Å²) in [6.45, 7) is 0.693. The molecule has 0 aliphatic heterocycles. The van der Waals surface area contributed by atoms with Crippen LogP contribution in [0.15, 0.2) is 54.6 Å². The fourth-order valence-corrected chi connectivity index (χ4v) is 2.18. The van der Waals surface area contributed by atoms with Gasteiger partial charge >= 0.3 is 0 Å². The zero-order chi connectivity index (χ0) is 14.2. The molecule has 2 rings (SSSR count). The van der Waals surface area contributed by atoms with Crippen LogP contribution in [0.1, 0.15) is 5.56 Å². The van der Waals surface area contributed by atoms with Gasteiger partial charge in [-0.15, -0.1) is 0 Å². The van der Waals surface area contributed by atoms with Crippen molar-refractivity contribution in [1.29, 1.82) is 0 Å². The van der Waals surface area contributed by atoms with Crippen molar-refractivity contribution in [2.24, 2.45) is 0 Å². The van der Waals surface area contributed by atoms with Crippen LogP contribution >= 0.6 is 24.3 Å². The van der Waals surface area contributed by atoms with Gasteiger partial charge in [-0.2, -0.15) is 0 Å². The Morgan fingerprint density at radius 1 is 1.10 bits per heavy atom. The van der Waals surface area contributed by atoms with Gasteiger partial charge in [-0.3, -0.25) is 0 Å². The Morgan fingerprint density at radius 2 is 1.80 bits per heavy atom. The van der Waals surface area contributed by atoms with Crippen LogP contribution in [0.2, 0.25) is 0 Å². The average molecular weight is 304 g/mol. The Morgan fingerprint density at radius 3 is 2.55 bits per heavy atom. The summed E-state index contributed by atoms with van der Waals surface area (Å²) in [5.41, 5.74) is 2.04. The Kier molecular flexibility index (Phi) is 5.70. The first kappa shape index (κ1) is 14.7. The number of anilines is 1. The highest BCUT2D eigenvalue weighted by molar-refractivity contribution is 7.94. The lowest BCUT2D eigenvalue weighted by Gasteiger charge is -2.13. The van der Waals surface area contributed by atoms with E-state index in [1.807, 2.05) is 48.7 Å². The third-order valence-corrected chi connectivity index (χ3v) is 3.20. The van der Waals surface area contributed by atoms with Crippen LogP contribution < -0.4 is 14.8 Å². The second kappa shape index (κ2) is 7.77. The first-order valence-corrected chi connectivity index (χ1v) is 7.74. The summed E-state index contributed by atoms with van der Waals surface area (Å²) >= 11 is 6.60. The molecule has 0 heterocycles. The van der Waals surface area contributed by atoms with Crippen molar-refractivity contribution in [1.82, 2.24) is 5.32 Å². The molecule has 0 saturated carbocycles. The largest absolute Gasteiger partial charge is 0.424 e. The second-order valence-electron chi connectivity index (χ2n) is 4.04. The fourth-order valence-electron chi connectivity index (χ4n) is 1.68. The lowest BCUT2D eigenvalue weighted by molar-refractivity contribution is 0.653. The third kappa shape index (κ3) is 4.43. The molecular weight excluding hydrogens is 288 g/mol. The summed E-state index contributed by atoms with van der Waals surface area (Å²) in [5.74, 6) is 0.767. The summed E-state index contributed by atoms with van der Waals surface area (Å²) in [4.78, 5) is 0. The van der Waals surface area contributed by atoms with Crippen molar-refractivity contribution >= 4 is 35.1 Å². The SMILES string of the molecule is CSOc1ccccc1NC(=S)NCc1ccccc1. The summed E-state index contributed by atoms with van der Waals surface area (Å²) in [7, 11) is 0. The summed E-state index contributed by atoms with van der Waals surface area (Å²) in [5, 5.41) is 6.90. The van der Waals surface area contributed by atoms with Gasteiger partial charge in [0.05, 0.1) is 17.7 Å². The molecule has 0 unspecified atom stereocenters. The Bertz CT molecular complexity index is 561. The number of benzene rings is 2. The van der Waals surface area contributed by atoms with Gasteiger partial charge < -0.3 is 14.8 Å². The number of hydrogen-bond donors (Lipinski definition) is 2. The number of nitrogens with one attached hydrogen (secondary N) is 2. The Hall–Kier alpha value is -1.72. The smallest absolute Gasteiger partial charge is 0.171 e. The molecule has 0 atom stereocenters. The molecule has 2 aromatic rings. The third-order valence-electron chi connectivity index (χ3n) is 2.60. The highest BCUT2D eigenvalue weighted by Gasteiger charge is 2.04. The minimum absolute atomic E-state index is 0.575. The van der Waals surface area contributed by atoms with Crippen molar-refractivity contribution in [3.05, 3.63) is 60.2 Å². The van der Waals surface area contributed by atoms with Crippen LogP contribution in [0.3, 0.4) is 0 Å². The van der Waals surface area contributed by atoms with Gasteiger partial charge in [-0.1, -0.05) is 42.5 Å². The quantitative estimate of drug-likeness (QED) is 0.648. The van der Waals surface area contributed by atoms with E-state index in [1.165, 1.54) is 17.6 Å². The zero-order valence-corrected chi connectivity index (χ0v) is 12.8. The molecule has 0 aliphatic carbocycles. The monoisotopic (exact) mass is 304 g/mol. The molecule has 0 fully saturated rings. The first-order valence-electron chi connectivity index (χ1n) is 6.18. The molecular formula is C15H16N2OS2. The van der Waals surface area contributed by atoms with Crippen LogP contribution in [-0.4, -0.2) is 11.4 Å². The lowest BCUT2D eigenvalue weighted by atomic mass is 10.2. The number of rotatable bonds is 5. The highest BCUT2D eigenvalue weighted by atomic mass is 32.2. The molecule has 0 aromatic heterocycles. The highest BCUT2D eigenvalue weighted by Crippen LogP contribution is 2.26. The average Bonchev–Trinajstić information content (AvgIpc) is 2.49. The van der Waals surface area contributed by atoms with E-state index in [1.54, 1.807) is 0 Å². The van der Waals surface area contributed by atoms with Crippen LogP contribution in [0.4, 0.5) is 5.69 Å². The lowest BCUT2D eigenvalue weighted by Crippen LogP contribution is -2.27. The van der Waals surface area contributed by atoms with E-state index in [2.05, 4.69) is 22.8 Å². The number of thiocarbonyl (C=S) groups is 1. The molecule has 2 N–H and O–H groups in total. The molecule has 20 heavy (non-hydrogen) atoms. The summed E-state index contributed by atoms with van der Waals surface area (Å²) in [6, 6.07) is 17.8. The predicted molar refractivity (Wildman–Crippen MR) is 90.1 cm³/mol. The maximum atomic E-state index is 5.47. The van der Waals surface area contributed by atoms with E-state index in [-0.39, 0.29) is 0 Å². The van der Waals surface area contributed by atoms with Crippen LogP contribution in [0, 0.1) is 0 Å². The molecule has 0 aliphatic rings. The molecule has 0 radical (unpaired) electrons. The van der Waals surface area contributed by atoms with Gasteiger partial charge in [0.25, 0.3) is 0 Å². The van der Waals surface area contributed by atoms with Crippen molar-refractivity contribution in [3.8, 4) is 5.75 Å². The van der Waals surface area contributed by atoms with Gasteiger partial charge in [0.2, 0.25) is 0 Å². The minimum Gasteiger partial charge on any atom is -0.424 e.